The van der Waals surface area contributed by atoms with Gasteiger partial charge in [-0.05, 0) is 56.8 Å². The van der Waals surface area contributed by atoms with Gasteiger partial charge in [0.2, 0.25) is 0 Å². The van der Waals surface area contributed by atoms with Gasteiger partial charge in [0.05, 0.1) is 11.1 Å². The maximum Gasteiger partial charge on any atom is 0.256 e. The SMILES string of the molecule is CCN(CC)CCNC(=O)c1c(C)[nH]c(/C=C2/C(=O)Nc3ccc(C(=O)N(C)C)cc32)c1C. The number of aryl methyl sites for hydroxylation is 1. The summed E-state index contributed by atoms with van der Waals surface area (Å²) in [5.41, 5.74) is 5.11. The van der Waals surface area contributed by atoms with Crippen LogP contribution in [0.3, 0.4) is 0 Å². The predicted octanol–water partition coefficient (Wildman–Crippen LogP) is 2.90. The molecule has 0 bridgehead atoms. The molecule has 1 aliphatic heterocycles. The number of amides is 3. The second-order valence-corrected chi connectivity index (χ2v) is 8.42. The smallest absolute Gasteiger partial charge is 0.256 e. The lowest BCUT2D eigenvalue weighted by atomic mass is 10.0. The van der Waals surface area contributed by atoms with Crippen LogP contribution in [0.15, 0.2) is 18.2 Å². The highest BCUT2D eigenvalue weighted by Crippen LogP contribution is 2.35. The molecule has 3 amide bonds. The molecule has 8 heteroatoms. The Morgan fingerprint density at radius 1 is 1.12 bits per heavy atom. The molecule has 33 heavy (non-hydrogen) atoms. The number of fused-ring (bicyclic) bond motifs is 1. The van der Waals surface area contributed by atoms with Gasteiger partial charge in [0, 0.05) is 55.4 Å². The van der Waals surface area contributed by atoms with E-state index in [0.717, 1.165) is 30.9 Å². The topological polar surface area (TPSA) is 97.5 Å². The van der Waals surface area contributed by atoms with E-state index in [1.807, 2.05) is 13.8 Å². The molecule has 0 fully saturated rings. The number of hydrogen-bond donors (Lipinski definition) is 3. The number of nitrogens with one attached hydrogen (secondary N) is 3. The van der Waals surface area contributed by atoms with Gasteiger partial charge in [-0.3, -0.25) is 14.4 Å². The normalized spacial score (nSPS) is 13.9. The van der Waals surface area contributed by atoms with Gasteiger partial charge in [0.1, 0.15) is 0 Å². The van der Waals surface area contributed by atoms with Crippen LogP contribution >= 0.6 is 0 Å². The van der Waals surface area contributed by atoms with Crippen molar-refractivity contribution in [3.63, 3.8) is 0 Å². The van der Waals surface area contributed by atoms with Crippen molar-refractivity contribution in [3.05, 3.63) is 51.8 Å². The van der Waals surface area contributed by atoms with Crippen molar-refractivity contribution in [1.29, 1.82) is 0 Å². The number of likely N-dealkylation sites (N-methyl/N-ethyl adjacent to an activating group) is 1. The molecular weight excluding hydrogens is 418 g/mol. The molecule has 0 atom stereocenters. The zero-order chi connectivity index (χ0) is 24.3. The Labute approximate surface area is 195 Å². The third kappa shape index (κ3) is 5.01. The first-order chi connectivity index (χ1) is 15.7. The Balaban J connectivity index is 1.88. The fourth-order valence-electron chi connectivity index (χ4n) is 4.08. The average molecular weight is 452 g/mol. The minimum absolute atomic E-state index is 0.131. The van der Waals surface area contributed by atoms with Crippen LogP contribution in [0.5, 0.6) is 0 Å². The van der Waals surface area contributed by atoms with Crippen LogP contribution in [-0.2, 0) is 4.79 Å². The van der Waals surface area contributed by atoms with Crippen molar-refractivity contribution in [2.24, 2.45) is 0 Å². The zero-order valence-corrected chi connectivity index (χ0v) is 20.3. The first kappa shape index (κ1) is 24.3. The van der Waals surface area contributed by atoms with Gasteiger partial charge in [-0.15, -0.1) is 0 Å². The van der Waals surface area contributed by atoms with Crippen molar-refractivity contribution in [1.82, 2.24) is 20.1 Å². The van der Waals surface area contributed by atoms with Crippen LogP contribution < -0.4 is 10.6 Å². The highest BCUT2D eigenvalue weighted by molar-refractivity contribution is 6.35. The molecule has 0 saturated carbocycles. The summed E-state index contributed by atoms with van der Waals surface area (Å²) in [4.78, 5) is 44.9. The predicted molar refractivity (Wildman–Crippen MR) is 131 cm³/mol. The standard InChI is InChI=1S/C25H33N5O3/c1-7-30(8-2)12-11-26-24(32)22-15(3)21(27-16(22)4)14-19-18-13-17(25(33)29(5)6)9-10-20(18)28-23(19)31/h9-10,13-14,27H,7-8,11-12H2,1-6H3,(H,26,32)(H,28,31)/b19-14+. The lowest BCUT2D eigenvalue weighted by Gasteiger charge is -2.18. The van der Waals surface area contributed by atoms with Crippen LogP contribution in [-0.4, -0.2) is 72.8 Å². The lowest BCUT2D eigenvalue weighted by molar-refractivity contribution is -0.110. The molecule has 0 unspecified atom stereocenters. The number of carbonyl (C=O) groups excluding carboxylic acids is 3. The van der Waals surface area contributed by atoms with E-state index in [-0.39, 0.29) is 17.7 Å². The summed E-state index contributed by atoms with van der Waals surface area (Å²) in [6.45, 7) is 11.2. The summed E-state index contributed by atoms with van der Waals surface area (Å²) in [6.07, 6.45) is 1.75. The molecule has 0 spiro atoms. The summed E-state index contributed by atoms with van der Waals surface area (Å²) in [6, 6.07) is 5.18. The fraction of sp³-hybridized carbons (Fsp3) is 0.400. The minimum Gasteiger partial charge on any atom is -0.358 e. The number of nitrogens with zero attached hydrogens (tertiary/aromatic N) is 2. The third-order valence-corrected chi connectivity index (χ3v) is 6.06. The van der Waals surface area contributed by atoms with Crippen LogP contribution in [0.1, 0.15) is 57.1 Å². The van der Waals surface area contributed by atoms with E-state index in [0.29, 0.717) is 40.2 Å². The molecule has 0 aliphatic carbocycles. The molecule has 2 aromatic rings. The van der Waals surface area contributed by atoms with Gasteiger partial charge in [0.25, 0.3) is 17.7 Å². The Morgan fingerprint density at radius 3 is 2.45 bits per heavy atom. The van der Waals surface area contributed by atoms with E-state index in [1.165, 1.54) is 4.90 Å². The molecule has 0 radical (unpaired) electrons. The number of benzene rings is 1. The summed E-state index contributed by atoms with van der Waals surface area (Å²) in [5, 5.41) is 5.85. The van der Waals surface area contributed by atoms with E-state index in [4.69, 9.17) is 0 Å². The van der Waals surface area contributed by atoms with Crippen molar-refractivity contribution >= 4 is 35.1 Å². The van der Waals surface area contributed by atoms with E-state index in [9.17, 15) is 14.4 Å². The minimum atomic E-state index is -0.240. The van der Waals surface area contributed by atoms with Gasteiger partial charge in [-0.2, -0.15) is 0 Å². The van der Waals surface area contributed by atoms with Crippen molar-refractivity contribution in [3.8, 4) is 0 Å². The number of anilines is 1. The van der Waals surface area contributed by atoms with Crippen molar-refractivity contribution in [2.75, 3.05) is 45.6 Å². The molecule has 1 aromatic carbocycles. The van der Waals surface area contributed by atoms with Crippen molar-refractivity contribution in [2.45, 2.75) is 27.7 Å². The Kier molecular flexibility index (Phi) is 7.38. The number of aromatic amines is 1. The monoisotopic (exact) mass is 451 g/mol. The van der Waals surface area contributed by atoms with Crippen molar-refractivity contribution < 1.29 is 14.4 Å². The molecule has 1 aliphatic rings. The van der Waals surface area contributed by atoms with Gasteiger partial charge >= 0.3 is 0 Å². The van der Waals surface area contributed by atoms with E-state index < -0.39 is 0 Å². The first-order valence-electron chi connectivity index (χ1n) is 11.3. The number of aromatic nitrogens is 1. The molecule has 176 valence electrons. The van der Waals surface area contributed by atoms with E-state index in [2.05, 4.69) is 34.4 Å². The summed E-state index contributed by atoms with van der Waals surface area (Å²) < 4.78 is 0. The number of hydrogen-bond acceptors (Lipinski definition) is 4. The molecule has 8 nitrogen and oxygen atoms in total. The van der Waals surface area contributed by atoms with Gasteiger partial charge in [-0.1, -0.05) is 13.8 Å². The van der Waals surface area contributed by atoms with Crippen LogP contribution in [0.4, 0.5) is 5.69 Å². The second kappa shape index (κ2) is 10.0. The second-order valence-electron chi connectivity index (χ2n) is 8.42. The van der Waals surface area contributed by atoms with Crippen LogP contribution in [0, 0.1) is 13.8 Å². The van der Waals surface area contributed by atoms with Gasteiger partial charge in [-0.25, -0.2) is 0 Å². The van der Waals surface area contributed by atoms with E-state index in [1.54, 1.807) is 38.4 Å². The Morgan fingerprint density at radius 2 is 1.82 bits per heavy atom. The fourth-order valence-corrected chi connectivity index (χ4v) is 4.08. The maximum absolute atomic E-state index is 12.8. The molecule has 1 aromatic heterocycles. The quantitative estimate of drug-likeness (QED) is 0.538. The van der Waals surface area contributed by atoms with Gasteiger partial charge < -0.3 is 25.4 Å². The summed E-state index contributed by atoms with van der Waals surface area (Å²) in [7, 11) is 3.38. The lowest BCUT2D eigenvalue weighted by Crippen LogP contribution is -2.35. The molecule has 3 N–H and O–H groups in total. The molecular formula is C25H33N5O3. The zero-order valence-electron chi connectivity index (χ0n) is 20.3. The Hall–Kier alpha value is -3.39. The Bertz CT molecular complexity index is 1110. The largest absolute Gasteiger partial charge is 0.358 e. The molecule has 2 heterocycles. The molecule has 0 saturated heterocycles. The molecule has 3 rings (SSSR count). The van der Waals surface area contributed by atoms with Crippen LogP contribution in [0.25, 0.3) is 11.6 Å². The van der Waals surface area contributed by atoms with Gasteiger partial charge in [0.15, 0.2) is 0 Å². The highest BCUT2D eigenvalue weighted by Gasteiger charge is 2.27. The summed E-state index contributed by atoms with van der Waals surface area (Å²) in [5.74, 6) is -0.503. The maximum atomic E-state index is 12.8. The average Bonchev–Trinajstić information content (AvgIpc) is 3.25. The third-order valence-electron chi connectivity index (χ3n) is 6.06. The number of carbonyl (C=O) groups is 3. The number of H-pyrrole nitrogens is 1. The van der Waals surface area contributed by atoms with Crippen LogP contribution in [0.2, 0.25) is 0 Å². The summed E-state index contributed by atoms with van der Waals surface area (Å²) >= 11 is 0. The van der Waals surface area contributed by atoms with E-state index >= 15 is 0 Å². The number of rotatable bonds is 8. The first-order valence-corrected chi connectivity index (χ1v) is 11.3. The highest BCUT2D eigenvalue weighted by atomic mass is 16.2.